The van der Waals surface area contributed by atoms with E-state index in [-0.39, 0.29) is 12.5 Å². The summed E-state index contributed by atoms with van der Waals surface area (Å²) in [4.78, 5) is 15.7. The van der Waals surface area contributed by atoms with Gasteiger partial charge in [0.2, 0.25) is 5.91 Å². The fourth-order valence-electron chi connectivity index (χ4n) is 2.43. The Morgan fingerprint density at radius 3 is 2.75 bits per heavy atom. The second-order valence-electron chi connectivity index (χ2n) is 5.57. The van der Waals surface area contributed by atoms with Crippen LogP contribution in [0.1, 0.15) is 30.2 Å². The molecule has 0 unspecified atom stereocenters. The zero-order valence-electron chi connectivity index (χ0n) is 13.3. The summed E-state index contributed by atoms with van der Waals surface area (Å²) in [6.45, 7) is 3.92. The molecular weight excluding hydrogens is 328 g/mol. The summed E-state index contributed by atoms with van der Waals surface area (Å²) in [5.41, 5.74) is 7.00. The first-order valence-corrected chi connectivity index (χ1v) is 7.83. The lowest BCUT2D eigenvalue weighted by Gasteiger charge is -2.14. The minimum atomic E-state index is -0.486. The maximum absolute atomic E-state index is 11.2. The molecule has 0 radical (unpaired) electrons. The van der Waals surface area contributed by atoms with E-state index in [1.807, 2.05) is 38.2 Å². The van der Waals surface area contributed by atoms with Crippen LogP contribution in [-0.4, -0.2) is 30.5 Å². The SMILES string of the molecule is Cc1cnn([C@H](C)c2nc(CC(N)=O)nn2-c2ccccc2Cl)c1. The van der Waals surface area contributed by atoms with Gasteiger partial charge in [0.15, 0.2) is 11.6 Å². The Hall–Kier alpha value is -2.67. The largest absolute Gasteiger partial charge is 0.369 e. The molecule has 8 heteroatoms. The zero-order chi connectivity index (χ0) is 17.3. The lowest BCUT2D eigenvalue weighted by molar-refractivity contribution is -0.117. The van der Waals surface area contributed by atoms with E-state index >= 15 is 0 Å². The summed E-state index contributed by atoms with van der Waals surface area (Å²) in [7, 11) is 0. The molecule has 0 saturated carbocycles. The molecule has 0 aliphatic heterocycles. The Balaban J connectivity index is 2.11. The molecule has 124 valence electrons. The third-order valence-corrected chi connectivity index (χ3v) is 3.91. The average Bonchev–Trinajstić information content (AvgIpc) is 3.13. The lowest BCUT2D eigenvalue weighted by Crippen LogP contribution is -2.14. The summed E-state index contributed by atoms with van der Waals surface area (Å²) in [6, 6.07) is 7.13. The van der Waals surface area contributed by atoms with Gasteiger partial charge in [0.25, 0.3) is 0 Å². The maximum atomic E-state index is 11.2. The highest BCUT2D eigenvalue weighted by Gasteiger charge is 2.21. The van der Waals surface area contributed by atoms with Crippen molar-refractivity contribution < 1.29 is 4.79 Å². The third-order valence-electron chi connectivity index (χ3n) is 3.59. The van der Waals surface area contributed by atoms with E-state index in [1.54, 1.807) is 21.6 Å². The van der Waals surface area contributed by atoms with Crippen LogP contribution in [0.15, 0.2) is 36.7 Å². The number of amides is 1. The van der Waals surface area contributed by atoms with E-state index in [4.69, 9.17) is 17.3 Å². The Morgan fingerprint density at radius 2 is 2.12 bits per heavy atom. The quantitative estimate of drug-likeness (QED) is 0.766. The van der Waals surface area contributed by atoms with Gasteiger partial charge in [0, 0.05) is 6.20 Å². The van der Waals surface area contributed by atoms with E-state index < -0.39 is 5.91 Å². The number of para-hydroxylation sites is 1. The monoisotopic (exact) mass is 344 g/mol. The minimum absolute atomic E-state index is 0.0324. The van der Waals surface area contributed by atoms with Crippen molar-refractivity contribution in [2.45, 2.75) is 26.3 Å². The van der Waals surface area contributed by atoms with Crippen LogP contribution in [0.4, 0.5) is 0 Å². The molecule has 2 aromatic heterocycles. The van der Waals surface area contributed by atoms with Crippen LogP contribution in [0.25, 0.3) is 5.69 Å². The number of carbonyl (C=O) groups is 1. The number of halogens is 1. The predicted octanol–water partition coefficient (Wildman–Crippen LogP) is 2.06. The number of hydrogen-bond acceptors (Lipinski definition) is 4. The van der Waals surface area contributed by atoms with Crippen molar-refractivity contribution in [2.24, 2.45) is 5.73 Å². The van der Waals surface area contributed by atoms with Crippen LogP contribution in [-0.2, 0) is 11.2 Å². The third kappa shape index (κ3) is 3.16. The second kappa shape index (κ2) is 6.45. The summed E-state index contributed by atoms with van der Waals surface area (Å²) in [5, 5.41) is 9.28. The number of nitrogens with two attached hydrogens (primary N) is 1. The van der Waals surface area contributed by atoms with E-state index in [2.05, 4.69) is 15.2 Å². The van der Waals surface area contributed by atoms with Gasteiger partial charge in [-0.05, 0) is 31.5 Å². The molecule has 0 fully saturated rings. The van der Waals surface area contributed by atoms with Gasteiger partial charge in [-0.2, -0.15) is 10.2 Å². The molecule has 1 aromatic carbocycles. The highest BCUT2D eigenvalue weighted by Crippen LogP contribution is 2.24. The molecule has 7 nitrogen and oxygen atoms in total. The average molecular weight is 345 g/mol. The van der Waals surface area contributed by atoms with Crippen molar-refractivity contribution in [2.75, 3.05) is 0 Å². The number of aromatic nitrogens is 5. The number of benzene rings is 1. The number of rotatable bonds is 5. The molecule has 3 aromatic rings. The van der Waals surface area contributed by atoms with Crippen LogP contribution >= 0.6 is 11.6 Å². The molecule has 2 heterocycles. The van der Waals surface area contributed by atoms with Crippen molar-refractivity contribution in [1.29, 1.82) is 0 Å². The molecule has 0 aliphatic carbocycles. The first kappa shape index (κ1) is 16.2. The summed E-state index contributed by atoms with van der Waals surface area (Å²) < 4.78 is 3.43. The van der Waals surface area contributed by atoms with Crippen molar-refractivity contribution >= 4 is 17.5 Å². The summed E-state index contributed by atoms with van der Waals surface area (Å²) in [5.74, 6) is 0.496. The van der Waals surface area contributed by atoms with Gasteiger partial charge in [0.1, 0.15) is 6.04 Å². The van der Waals surface area contributed by atoms with E-state index in [1.165, 1.54) is 0 Å². The highest BCUT2D eigenvalue weighted by molar-refractivity contribution is 6.32. The fourth-order valence-corrected chi connectivity index (χ4v) is 2.65. The number of carbonyl (C=O) groups excluding carboxylic acids is 1. The van der Waals surface area contributed by atoms with Crippen molar-refractivity contribution in [3.8, 4) is 5.69 Å². The van der Waals surface area contributed by atoms with Gasteiger partial charge in [0.05, 0.1) is 23.3 Å². The van der Waals surface area contributed by atoms with E-state index in [0.717, 1.165) is 5.56 Å². The topological polar surface area (TPSA) is 91.6 Å². The molecule has 0 spiro atoms. The molecule has 1 atom stereocenters. The zero-order valence-corrected chi connectivity index (χ0v) is 14.1. The predicted molar refractivity (Wildman–Crippen MR) is 90.0 cm³/mol. The van der Waals surface area contributed by atoms with Crippen molar-refractivity contribution in [3.63, 3.8) is 0 Å². The Kier molecular flexibility index (Phi) is 4.35. The molecule has 3 rings (SSSR count). The first-order valence-electron chi connectivity index (χ1n) is 7.45. The smallest absolute Gasteiger partial charge is 0.225 e. The van der Waals surface area contributed by atoms with Gasteiger partial charge in [-0.1, -0.05) is 23.7 Å². The number of hydrogen-bond donors (Lipinski definition) is 1. The van der Waals surface area contributed by atoms with Gasteiger partial charge < -0.3 is 5.73 Å². The second-order valence-corrected chi connectivity index (χ2v) is 5.97. The normalized spacial score (nSPS) is 12.3. The molecular formula is C16H17ClN6O. The highest BCUT2D eigenvalue weighted by atomic mass is 35.5. The molecule has 0 saturated heterocycles. The molecule has 1 amide bonds. The molecule has 0 bridgehead atoms. The van der Waals surface area contributed by atoms with Crippen LogP contribution in [0.2, 0.25) is 5.02 Å². The molecule has 24 heavy (non-hydrogen) atoms. The Bertz CT molecular complexity index is 884. The number of aryl methyl sites for hydroxylation is 1. The number of nitrogens with zero attached hydrogens (tertiary/aromatic N) is 5. The van der Waals surface area contributed by atoms with Crippen molar-refractivity contribution in [3.05, 3.63) is 58.9 Å². The summed E-state index contributed by atoms with van der Waals surface area (Å²) in [6.07, 6.45) is 3.66. The molecule has 0 aliphatic rings. The van der Waals surface area contributed by atoms with Crippen LogP contribution in [0, 0.1) is 6.92 Å². The van der Waals surface area contributed by atoms with Gasteiger partial charge in [-0.15, -0.1) is 0 Å². The minimum Gasteiger partial charge on any atom is -0.369 e. The van der Waals surface area contributed by atoms with E-state index in [9.17, 15) is 4.79 Å². The van der Waals surface area contributed by atoms with Crippen molar-refractivity contribution in [1.82, 2.24) is 24.5 Å². The maximum Gasteiger partial charge on any atom is 0.225 e. The van der Waals surface area contributed by atoms with Gasteiger partial charge in [-0.3, -0.25) is 9.48 Å². The number of primary amides is 1. The standard InChI is InChI=1S/C16H17ClN6O/c1-10-8-19-22(9-10)11(2)16-20-15(7-14(18)24)21-23(16)13-6-4-3-5-12(13)17/h3-6,8-9,11H,7H2,1-2H3,(H2,18,24)/t11-/m1/s1. The van der Waals surface area contributed by atoms with Crippen LogP contribution < -0.4 is 5.73 Å². The van der Waals surface area contributed by atoms with Gasteiger partial charge in [-0.25, -0.2) is 9.67 Å². The van der Waals surface area contributed by atoms with Gasteiger partial charge >= 0.3 is 0 Å². The van der Waals surface area contributed by atoms with Crippen LogP contribution in [0.3, 0.4) is 0 Å². The first-order chi connectivity index (χ1) is 11.5. The Morgan fingerprint density at radius 1 is 1.38 bits per heavy atom. The summed E-state index contributed by atoms with van der Waals surface area (Å²) >= 11 is 6.30. The van der Waals surface area contributed by atoms with Crippen LogP contribution in [0.5, 0.6) is 0 Å². The fraction of sp³-hybridized carbons (Fsp3) is 0.250. The Labute approximate surface area is 144 Å². The molecule has 2 N–H and O–H groups in total. The lowest BCUT2D eigenvalue weighted by atomic mass is 10.3. The van der Waals surface area contributed by atoms with E-state index in [0.29, 0.717) is 22.4 Å².